The number of hydrazone groups is 1. The number of carbonyl (C=O) groups excluding carboxylic acids is 1. The van der Waals surface area contributed by atoms with Gasteiger partial charge in [-0.2, -0.15) is 10.3 Å². The average molecular weight is 532 g/mol. The van der Waals surface area contributed by atoms with E-state index < -0.39 is 11.2 Å². The van der Waals surface area contributed by atoms with Crippen molar-refractivity contribution in [1.29, 1.82) is 5.26 Å². The highest BCUT2D eigenvalue weighted by molar-refractivity contribution is 5.96. The Bertz CT molecular complexity index is 1430. The first-order chi connectivity index (χ1) is 18.8. The van der Waals surface area contributed by atoms with Crippen LogP contribution in [-0.4, -0.2) is 46.7 Å². The summed E-state index contributed by atoms with van der Waals surface area (Å²) in [6.45, 7) is 3.49. The minimum Gasteiger partial charge on any atom is -0.489 e. The third-order valence-corrected chi connectivity index (χ3v) is 5.67. The molecule has 0 unspecified atom stereocenters. The molecule has 2 aromatic carbocycles. The van der Waals surface area contributed by atoms with E-state index in [9.17, 15) is 20.2 Å². The fourth-order valence-corrected chi connectivity index (χ4v) is 3.80. The molecule has 0 aliphatic carbocycles. The molecule has 39 heavy (non-hydrogen) atoms. The van der Waals surface area contributed by atoms with Crippen LogP contribution >= 0.6 is 0 Å². The Morgan fingerprint density at radius 2 is 1.87 bits per heavy atom. The molecule has 0 saturated heterocycles. The Kier molecular flexibility index (Phi) is 8.33. The molecule has 0 fully saturated rings. The van der Waals surface area contributed by atoms with E-state index >= 15 is 0 Å². The SMILES string of the molecule is COCc1cc(C)nc(OC[C@@H]2OC(c3ccc(OCc4ccc([N+](=O)[O-])cc4)cc3)=NN2C(C)=O)c1C#N. The largest absolute Gasteiger partial charge is 0.489 e. The quantitative estimate of drug-likeness (QED) is 0.281. The number of aromatic nitrogens is 1. The van der Waals surface area contributed by atoms with Gasteiger partial charge in [-0.05, 0) is 55.0 Å². The number of hydrogen-bond acceptors (Lipinski definition) is 10. The Balaban J connectivity index is 1.41. The van der Waals surface area contributed by atoms with Crippen molar-refractivity contribution in [3.8, 4) is 17.7 Å². The fraction of sp³-hybridized carbons (Fsp3) is 0.259. The molecule has 2 heterocycles. The van der Waals surface area contributed by atoms with Gasteiger partial charge in [0, 0.05) is 43.0 Å². The molecule has 1 aromatic heterocycles. The van der Waals surface area contributed by atoms with E-state index in [1.807, 2.05) is 0 Å². The number of nitro groups is 1. The van der Waals surface area contributed by atoms with Crippen LogP contribution < -0.4 is 9.47 Å². The fourth-order valence-electron chi connectivity index (χ4n) is 3.80. The maximum Gasteiger partial charge on any atom is 0.269 e. The van der Waals surface area contributed by atoms with Crippen LogP contribution in [0.2, 0.25) is 0 Å². The molecule has 200 valence electrons. The summed E-state index contributed by atoms with van der Waals surface area (Å²) in [5, 5.41) is 25.9. The van der Waals surface area contributed by atoms with Gasteiger partial charge >= 0.3 is 0 Å². The zero-order chi connectivity index (χ0) is 27.9. The monoisotopic (exact) mass is 531 g/mol. The van der Waals surface area contributed by atoms with Crippen LogP contribution in [0.5, 0.6) is 11.6 Å². The Hall–Kier alpha value is -5.02. The van der Waals surface area contributed by atoms with E-state index in [-0.39, 0.29) is 48.8 Å². The molecule has 3 aromatic rings. The number of nitriles is 1. The zero-order valence-electron chi connectivity index (χ0n) is 21.5. The number of rotatable bonds is 10. The molecule has 0 N–H and O–H groups in total. The van der Waals surface area contributed by atoms with Crippen LogP contribution in [0.1, 0.15) is 34.9 Å². The molecule has 0 spiro atoms. The number of benzene rings is 2. The van der Waals surface area contributed by atoms with Crippen molar-refractivity contribution >= 4 is 17.5 Å². The number of pyridine rings is 1. The van der Waals surface area contributed by atoms with Crippen LogP contribution in [0, 0.1) is 28.4 Å². The topological polar surface area (TPSA) is 149 Å². The summed E-state index contributed by atoms with van der Waals surface area (Å²) in [6.07, 6.45) is -0.865. The Morgan fingerprint density at radius 3 is 2.49 bits per heavy atom. The number of ether oxygens (including phenoxy) is 4. The third-order valence-electron chi connectivity index (χ3n) is 5.67. The van der Waals surface area contributed by atoms with Gasteiger partial charge in [-0.25, -0.2) is 4.98 Å². The number of amides is 1. The van der Waals surface area contributed by atoms with Crippen LogP contribution in [0.4, 0.5) is 5.69 Å². The predicted molar refractivity (Wildman–Crippen MR) is 138 cm³/mol. The first kappa shape index (κ1) is 27.0. The van der Waals surface area contributed by atoms with E-state index in [0.717, 1.165) is 5.56 Å². The standard InChI is InChI=1S/C27H25N5O7/c1-17-12-21(15-36-3)24(13-28)27(29-17)38-16-25-31(18(2)33)30-26(39-25)20-6-10-23(11-7-20)37-14-19-4-8-22(9-5-19)32(34)35/h4-12,25H,14-16H2,1-3H3/t25-/m0/s1. The van der Waals surface area contributed by atoms with Gasteiger partial charge in [-0.15, -0.1) is 5.10 Å². The lowest BCUT2D eigenvalue weighted by Crippen LogP contribution is -2.37. The summed E-state index contributed by atoms with van der Waals surface area (Å²) >= 11 is 0. The first-order valence-corrected chi connectivity index (χ1v) is 11.8. The minimum atomic E-state index is -0.865. The lowest BCUT2D eigenvalue weighted by atomic mass is 10.1. The normalized spacial score (nSPS) is 14.3. The van der Waals surface area contributed by atoms with Gasteiger partial charge in [0.2, 0.25) is 23.9 Å². The van der Waals surface area contributed by atoms with Gasteiger partial charge in [-0.1, -0.05) is 0 Å². The summed E-state index contributed by atoms with van der Waals surface area (Å²) in [5.41, 5.74) is 2.96. The molecule has 1 amide bonds. The summed E-state index contributed by atoms with van der Waals surface area (Å²) in [5.74, 6) is 0.568. The molecular weight excluding hydrogens is 506 g/mol. The van der Waals surface area contributed by atoms with Crippen LogP contribution in [0.25, 0.3) is 0 Å². The van der Waals surface area contributed by atoms with Crippen molar-refractivity contribution < 1.29 is 28.7 Å². The van der Waals surface area contributed by atoms with Crippen molar-refractivity contribution in [2.45, 2.75) is 33.3 Å². The molecule has 12 heteroatoms. The second-order valence-electron chi connectivity index (χ2n) is 8.54. The smallest absolute Gasteiger partial charge is 0.269 e. The van der Waals surface area contributed by atoms with Gasteiger partial charge in [0.25, 0.3) is 5.69 Å². The van der Waals surface area contributed by atoms with Gasteiger partial charge in [0.1, 0.15) is 30.6 Å². The number of hydrogen-bond donors (Lipinski definition) is 0. The minimum absolute atomic E-state index is 0.0141. The summed E-state index contributed by atoms with van der Waals surface area (Å²) in [6, 6.07) is 16.9. The predicted octanol–water partition coefficient (Wildman–Crippen LogP) is 3.84. The molecule has 1 atom stereocenters. The number of nitro benzene ring substituents is 1. The highest BCUT2D eigenvalue weighted by atomic mass is 16.6. The van der Waals surface area contributed by atoms with E-state index in [1.54, 1.807) is 49.4 Å². The van der Waals surface area contributed by atoms with Gasteiger partial charge in [0.05, 0.1) is 11.5 Å². The maximum absolute atomic E-state index is 12.2. The maximum atomic E-state index is 12.2. The van der Waals surface area contributed by atoms with Gasteiger partial charge in [0.15, 0.2) is 0 Å². The Morgan fingerprint density at radius 1 is 1.15 bits per heavy atom. The second-order valence-corrected chi connectivity index (χ2v) is 8.54. The van der Waals surface area contributed by atoms with Crippen LogP contribution in [-0.2, 0) is 27.5 Å². The molecule has 1 aliphatic heterocycles. The molecule has 4 rings (SSSR count). The van der Waals surface area contributed by atoms with Crippen molar-refractivity contribution in [1.82, 2.24) is 9.99 Å². The van der Waals surface area contributed by atoms with E-state index in [1.165, 1.54) is 31.2 Å². The molecule has 1 aliphatic rings. The first-order valence-electron chi connectivity index (χ1n) is 11.8. The third kappa shape index (κ3) is 6.46. The van der Waals surface area contributed by atoms with E-state index in [4.69, 9.17) is 18.9 Å². The van der Waals surface area contributed by atoms with Crippen LogP contribution in [0.15, 0.2) is 59.7 Å². The molecule has 0 bridgehead atoms. The average Bonchev–Trinajstić information content (AvgIpc) is 3.36. The van der Waals surface area contributed by atoms with Gasteiger partial charge < -0.3 is 18.9 Å². The molecule has 0 radical (unpaired) electrons. The number of carbonyl (C=O) groups is 1. The van der Waals surface area contributed by atoms with Crippen LogP contribution in [0.3, 0.4) is 0 Å². The van der Waals surface area contributed by atoms with Crippen molar-refractivity contribution in [3.63, 3.8) is 0 Å². The van der Waals surface area contributed by atoms with E-state index in [0.29, 0.717) is 22.6 Å². The summed E-state index contributed by atoms with van der Waals surface area (Å²) < 4.78 is 22.7. The highest BCUT2D eigenvalue weighted by Gasteiger charge is 2.33. The summed E-state index contributed by atoms with van der Waals surface area (Å²) in [7, 11) is 1.53. The lowest BCUT2D eigenvalue weighted by Gasteiger charge is -2.20. The highest BCUT2D eigenvalue weighted by Crippen LogP contribution is 2.25. The second kappa shape index (κ2) is 12.0. The van der Waals surface area contributed by atoms with Crippen molar-refractivity contribution in [2.24, 2.45) is 5.10 Å². The van der Waals surface area contributed by atoms with Crippen molar-refractivity contribution in [2.75, 3.05) is 13.7 Å². The number of non-ortho nitro benzene ring substituents is 1. The van der Waals surface area contributed by atoms with E-state index in [2.05, 4.69) is 16.2 Å². The number of aryl methyl sites for hydroxylation is 1. The zero-order valence-corrected chi connectivity index (χ0v) is 21.5. The molecule has 0 saturated carbocycles. The molecule has 12 nitrogen and oxygen atoms in total. The van der Waals surface area contributed by atoms with Gasteiger partial charge in [-0.3, -0.25) is 14.9 Å². The number of nitrogens with zero attached hydrogens (tertiary/aromatic N) is 5. The summed E-state index contributed by atoms with van der Waals surface area (Å²) in [4.78, 5) is 26.9. The number of methoxy groups -OCH3 is 1. The van der Waals surface area contributed by atoms with Crippen molar-refractivity contribution in [3.05, 3.63) is 92.7 Å². The lowest BCUT2D eigenvalue weighted by molar-refractivity contribution is -0.384. The Labute approximate surface area is 224 Å². The molecular formula is C27H25N5O7.